The largest absolute Gasteiger partial charge is 0.370 e. The second kappa shape index (κ2) is 11.4. The Morgan fingerprint density at radius 3 is 1.67 bits per heavy atom. The lowest BCUT2D eigenvalue weighted by molar-refractivity contribution is -0.161. The van der Waals surface area contributed by atoms with Gasteiger partial charge in [-0.3, -0.25) is 9.59 Å². The molecule has 2 N–H and O–H groups in total. The molecule has 0 aliphatic carbocycles. The summed E-state index contributed by atoms with van der Waals surface area (Å²) in [6, 6.07) is 0. The molecule has 0 radical (unpaired) electrons. The maximum Gasteiger partial charge on any atom is 0.222 e. The topological polar surface area (TPSA) is 100 Å². The van der Waals surface area contributed by atoms with Crippen LogP contribution in [0.15, 0.2) is 0 Å². The number of nitrogens with zero attached hydrogens (tertiary/aromatic N) is 1. The van der Waals surface area contributed by atoms with E-state index in [-0.39, 0.29) is 31.8 Å². The fourth-order valence-electron chi connectivity index (χ4n) is 1.70. The number of carbonyl (C=O) groups excluding carboxylic acids is 2. The van der Waals surface area contributed by atoms with Crippen molar-refractivity contribution in [2.75, 3.05) is 41.5 Å². The summed E-state index contributed by atoms with van der Waals surface area (Å²) in [5, 5.41) is 0. The van der Waals surface area contributed by atoms with Crippen molar-refractivity contribution >= 4 is 11.8 Å². The van der Waals surface area contributed by atoms with Gasteiger partial charge in [-0.2, -0.15) is 0 Å². The van der Waals surface area contributed by atoms with Gasteiger partial charge in [-0.05, 0) is 6.42 Å². The fraction of sp³-hybridized carbons (Fsp3) is 0.846. The van der Waals surface area contributed by atoms with Gasteiger partial charge < -0.3 is 29.6 Å². The lowest BCUT2D eigenvalue weighted by Crippen LogP contribution is -2.44. The highest BCUT2D eigenvalue weighted by molar-refractivity contribution is 5.78. The third-order valence-electron chi connectivity index (χ3n) is 2.96. The lowest BCUT2D eigenvalue weighted by Gasteiger charge is -2.29. The van der Waals surface area contributed by atoms with Gasteiger partial charge in [-0.15, -0.1) is 0 Å². The van der Waals surface area contributed by atoms with Crippen molar-refractivity contribution < 1.29 is 28.5 Å². The molecule has 21 heavy (non-hydrogen) atoms. The van der Waals surface area contributed by atoms with Crippen LogP contribution in [-0.4, -0.2) is 70.8 Å². The van der Waals surface area contributed by atoms with Gasteiger partial charge in [0.15, 0.2) is 12.6 Å². The lowest BCUT2D eigenvalue weighted by atomic mass is 10.2. The number of amides is 2. The molecule has 8 nitrogen and oxygen atoms in total. The number of nitrogens with two attached hydrogens (primary N) is 1. The van der Waals surface area contributed by atoms with Gasteiger partial charge in [0.05, 0.1) is 13.1 Å². The van der Waals surface area contributed by atoms with Crippen LogP contribution in [0.5, 0.6) is 0 Å². The van der Waals surface area contributed by atoms with Gasteiger partial charge in [-0.1, -0.05) is 0 Å². The third kappa shape index (κ3) is 8.61. The number of hydrogen-bond acceptors (Lipinski definition) is 6. The smallest absolute Gasteiger partial charge is 0.222 e. The summed E-state index contributed by atoms with van der Waals surface area (Å²) in [5.74, 6) is -0.567. The molecule has 8 heteroatoms. The Morgan fingerprint density at radius 2 is 1.33 bits per heavy atom. The van der Waals surface area contributed by atoms with E-state index in [0.29, 0.717) is 6.42 Å². The monoisotopic (exact) mass is 306 g/mol. The molecule has 0 aromatic carbocycles. The zero-order valence-corrected chi connectivity index (χ0v) is 13.2. The van der Waals surface area contributed by atoms with E-state index in [4.69, 9.17) is 24.7 Å². The Labute approximate surface area is 125 Å². The molecule has 0 rings (SSSR count). The van der Waals surface area contributed by atoms with Crippen LogP contribution in [0.3, 0.4) is 0 Å². The minimum Gasteiger partial charge on any atom is -0.370 e. The van der Waals surface area contributed by atoms with E-state index in [1.54, 1.807) is 0 Å². The van der Waals surface area contributed by atoms with Gasteiger partial charge in [0.25, 0.3) is 0 Å². The second-order valence-corrected chi connectivity index (χ2v) is 4.42. The van der Waals surface area contributed by atoms with E-state index in [0.717, 1.165) is 0 Å². The van der Waals surface area contributed by atoms with Crippen molar-refractivity contribution in [2.45, 2.75) is 31.8 Å². The molecule has 0 aromatic rings. The first-order valence-corrected chi connectivity index (χ1v) is 6.65. The van der Waals surface area contributed by atoms with Crippen molar-refractivity contribution in [3.8, 4) is 0 Å². The minimum atomic E-state index is -0.542. The zero-order chi connectivity index (χ0) is 16.3. The highest BCUT2D eigenvalue weighted by Gasteiger charge is 2.22. The zero-order valence-electron chi connectivity index (χ0n) is 13.2. The predicted molar refractivity (Wildman–Crippen MR) is 75.2 cm³/mol. The molecule has 0 aliphatic rings. The summed E-state index contributed by atoms with van der Waals surface area (Å²) in [6.07, 6.45) is -0.294. The molecule has 0 aromatic heterocycles. The van der Waals surface area contributed by atoms with Gasteiger partial charge in [-0.25, -0.2) is 0 Å². The van der Waals surface area contributed by atoms with Crippen molar-refractivity contribution in [1.29, 1.82) is 0 Å². The van der Waals surface area contributed by atoms with Crippen molar-refractivity contribution in [1.82, 2.24) is 4.90 Å². The van der Waals surface area contributed by atoms with E-state index in [1.165, 1.54) is 33.3 Å². The molecular weight excluding hydrogens is 280 g/mol. The summed E-state index contributed by atoms with van der Waals surface area (Å²) in [6.45, 7) is 0.483. The molecule has 0 atom stereocenters. The SMILES string of the molecule is COC(CN(CC(OC)OC)C(=O)CCCC(N)=O)OC. The minimum absolute atomic E-state index is 0.144. The van der Waals surface area contributed by atoms with Crippen LogP contribution >= 0.6 is 0 Å². The molecule has 0 unspecified atom stereocenters. The van der Waals surface area contributed by atoms with Crippen molar-refractivity contribution in [3.63, 3.8) is 0 Å². The summed E-state index contributed by atoms with van der Waals surface area (Å²) < 4.78 is 20.4. The summed E-state index contributed by atoms with van der Waals surface area (Å²) in [4.78, 5) is 24.4. The average molecular weight is 306 g/mol. The highest BCUT2D eigenvalue weighted by Crippen LogP contribution is 2.07. The molecule has 2 amide bonds. The number of carbonyl (C=O) groups is 2. The molecule has 0 aliphatic heterocycles. The Bertz CT molecular complexity index is 291. The summed E-state index contributed by atoms with van der Waals surface area (Å²) in [7, 11) is 5.98. The summed E-state index contributed by atoms with van der Waals surface area (Å²) in [5.41, 5.74) is 5.06. The Hall–Kier alpha value is -1.22. The Morgan fingerprint density at radius 1 is 0.905 bits per heavy atom. The van der Waals surface area contributed by atoms with Gasteiger partial charge in [0.2, 0.25) is 11.8 Å². The van der Waals surface area contributed by atoms with Crippen molar-refractivity contribution in [2.24, 2.45) is 5.73 Å². The molecule has 0 bridgehead atoms. The van der Waals surface area contributed by atoms with Crippen LogP contribution < -0.4 is 5.73 Å². The Balaban J connectivity index is 4.60. The standard InChI is InChI=1S/C13H26N2O6/c1-18-12(19-2)8-15(9-13(20-3)21-4)11(17)7-5-6-10(14)16/h12-13H,5-9H2,1-4H3,(H2,14,16). The van der Waals surface area contributed by atoms with Crippen LogP contribution in [0.2, 0.25) is 0 Å². The number of rotatable bonds is 12. The first-order chi connectivity index (χ1) is 9.98. The van der Waals surface area contributed by atoms with Crippen LogP contribution in [0.25, 0.3) is 0 Å². The number of primary amides is 1. The fourth-order valence-corrected chi connectivity index (χ4v) is 1.70. The van der Waals surface area contributed by atoms with Crippen LogP contribution in [0.1, 0.15) is 19.3 Å². The van der Waals surface area contributed by atoms with Crippen LogP contribution in [0, 0.1) is 0 Å². The van der Waals surface area contributed by atoms with E-state index in [9.17, 15) is 9.59 Å². The number of hydrogen-bond donors (Lipinski definition) is 1. The van der Waals surface area contributed by atoms with E-state index < -0.39 is 18.5 Å². The van der Waals surface area contributed by atoms with Crippen LogP contribution in [0.4, 0.5) is 0 Å². The number of ether oxygens (including phenoxy) is 4. The van der Waals surface area contributed by atoms with Gasteiger partial charge >= 0.3 is 0 Å². The second-order valence-electron chi connectivity index (χ2n) is 4.42. The molecule has 0 fully saturated rings. The molecule has 0 saturated carbocycles. The Kier molecular flexibility index (Phi) is 10.8. The summed E-state index contributed by atoms with van der Waals surface area (Å²) >= 11 is 0. The molecular formula is C13H26N2O6. The van der Waals surface area contributed by atoms with Crippen LogP contribution in [-0.2, 0) is 28.5 Å². The molecule has 0 spiro atoms. The average Bonchev–Trinajstić information content (AvgIpc) is 2.47. The predicted octanol–water partition coefficient (Wildman–Crippen LogP) is -0.292. The van der Waals surface area contributed by atoms with Gasteiger partial charge in [0.1, 0.15) is 0 Å². The molecule has 124 valence electrons. The highest BCUT2D eigenvalue weighted by atomic mass is 16.7. The maximum atomic E-state index is 12.2. The first-order valence-electron chi connectivity index (χ1n) is 6.65. The van der Waals surface area contributed by atoms with E-state index in [1.807, 2.05) is 0 Å². The van der Waals surface area contributed by atoms with Gasteiger partial charge in [0, 0.05) is 41.3 Å². The quantitative estimate of drug-likeness (QED) is 0.497. The molecule has 0 saturated heterocycles. The molecule has 0 heterocycles. The van der Waals surface area contributed by atoms with Crippen molar-refractivity contribution in [3.05, 3.63) is 0 Å². The van der Waals surface area contributed by atoms with E-state index >= 15 is 0 Å². The first kappa shape index (κ1) is 19.8. The van der Waals surface area contributed by atoms with E-state index in [2.05, 4.69) is 0 Å². The third-order valence-corrected chi connectivity index (χ3v) is 2.96. The maximum absolute atomic E-state index is 12.2. The normalized spacial score (nSPS) is 11.1. The number of methoxy groups -OCH3 is 4.